The molecule has 1 aliphatic rings. The number of rotatable bonds is 4. The van der Waals surface area contributed by atoms with Gasteiger partial charge in [-0.25, -0.2) is 4.79 Å². The molecule has 1 saturated heterocycles. The van der Waals surface area contributed by atoms with Crippen molar-refractivity contribution in [2.75, 3.05) is 7.11 Å². The van der Waals surface area contributed by atoms with Crippen molar-refractivity contribution in [3.63, 3.8) is 0 Å². The van der Waals surface area contributed by atoms with Gasteiger partial charge in [-0.15, -0.1) is 0 Å². The number of hydrogen-bond donors (Lipinski definition) is 0. The number of methoxy groups -OCH3 is 1. The minimum atomic E-state index is -0.612. The predicted octanol–water partition coefficient (Wildman–Crippen LogP) is 3.91. The number of halogens is 1. The van der Waals surface area contributed by atoms with Gasteiger partial charge in [0.25, 0.3) is 11.1 Å². The number of benzene rings is 1. The van der Waals surface area contributed by atoms with Crippen molar-refractivity contribution in [2.24, 2.45) is 0 Å². The third-order valence-corrected chi connectivity index (χ3v) is 5.03. The van der Waals surface area contributed by atoms with Crippen LogP contribution in [0, 0.1) is 3.57 Å². The lowest BCUT2D eigenvalue weighted by atomic mass is 10.2. The van der Waals surface area contributed by atoms with E-state index in [0.717, 1.165) is 25.8 Å². The molecular weight excluding hydrogens is 457 g/mol. The summed E-state index contributed by atoms with van der Waals surface area (Å²) in [5, 5.41) is -0.377. The fourth-order valence-corrected chi connectivity index (χ4v) is 3.37. The number of furan rings is 1. The molecule has 2 heterocycles. The SMILES string of the molecule is COC(=O)c1ccc(CN2C(=O)SC(=Cc3ccc(I)cc3)C2=O)o1. The highest BCUT2D eigenvalue weighted by molar-refractivity contribution is 14.1. The molecule has 1 aliphatic heterocycles. The van der Waals surface area contributed by atoms with E-state index >= 15 is 0 Å². The van der Waals surface area contributed by atoms with Crippen LogP contribution in [0.4, 0.5) is 4.79 Å². The van der Waals surface area contributed by atoms with Gasteiger partial charge in [0.15, 0.2) is 0 Å². The summed E-state index contributed by atoms with van der Waals surface area (Å²) in [6.45, 7) is -0.0360. The van der Waals surface area contributed by atoms with E-state index in [1.807, 2.05) is 24.3 Å². The Morgan fingerprint density at radius 2 is 1.96 bits per heavy atom. The summed E-state index contributed by atoms with van der Waals surface area (Å²) in [7, 11) is 1.25. The van der Waals surface area contributed by atoms with Gasteiger partial charge in [0, 0.05) is 3.57 Å². The average molecular weight is 469 g/mol. The van der Waals surface area contributed by atoms with E-state index in [0.29, 0.717) is 10.7 Å². The van der Waals surface area contributed by atoms with Crippen molar-refractivity contribution in [2.45, 2.75) is 6.54 Å². The number of thioether (sulfide) groups is 1. The Morgan fingerprint density at radius 3 is 2.64 bits per heavy atom. The van der Waals surface area contributed by atoms with Gasteiger partial charge in [0.2, 0.25) is 5.76 Å². The normalized spacial score (nSPS) is 15.9. The first-order valence-electron chi connectivity index (χ1n) is 7.16. The average Bonchev–Trinajstić information content (AvgIpc) is 3.17. The third kappa shape index (κ3) is 3.96. The molecule has 25 heavy (non-hydrogen) atoms. The van der Waals surface area contributed by atoms with Crippen LogP contribution in [0.25, 0.3) is 6.08 Å². The van der Waals surface area contributed by atoms with Crippen molar-refractivity contribution < 1.29 is 23.5 Å². The van der Waals surface area contributed by atoms with Gasteiger partial charge in [0.05, 0.1) is 18.6 Å². The fraction of sp³-hybridized carbons (Fsp3) is 0.118. The lowest BCUT2D eigenvalue weighted by Gasteiger charge is -2.09. The van der Waals surface area contributed by atoms with E-state index in [2.05, 4.69) is 27.3 Å². The van der Waals surface area contributed by atoms with Gasteiger partial charge >= 0.3 is 5.97 Å². The van der Waals surface area contributed by atoms with Crippen LogP contribution in [-0.4, -0.2) is 29.1 Å². The highest BCUT2D eigenvalue weighted by atomic mass is 127. The number of carbonyl (C=O) groups excluding carboxylic acids is 3. The van der Waals surface area contributed by atoms with Gasteiger partial charge in [-0.1, -0.05) is 12.1 Å². The molecule has 1 fully saturated rings. The Labute approximate surface area is 161 Å². The largest absolute Gasteiger partial charge is 0.463 e. The monoisotopic (exact) mass is 469 g/mol. The molecule has 2 amide bonds. The van der Waals surface area contributed by atoms with Gasteiger partial charge < -0.3 is 9.15 Å². The number of carbonyl (C=O) groups is 3. The Kier molecular flexibility index (Phi) is 5.28. The molecule has 0 radical (unpaired) electrons. The van der Waals surface area contributed by atoms with Crippen molar-refractivity contribution in [1.29, 1.82) is 0 Å². The molecule has 1 aromatic carbocycles. The third-order valence-electron chi connectivity index (χ3n) is 3.40. The zero-order valence-corrected chi connectivity index (χ0v) is 16.0. The number of esters is 1. The highest BCUT2D eigenvalue weighted by Gasteiger charge is 2.35. The molecule has 0 atom stereocenters. The lowest BCUT2D eigenvalue weighted by Crippen LogP contribution is -2.27. The number of hydrogen-bond acceptors (Lipinski definition) is 6. The molecule has 2 aromatic rings. The number of imide groups is 1. The molecule has 3 rings (SSSR count). The van der Waals surface area contributed by atoms with Crippen LogP contribution in [0.15, 0.2) is 45.7 Å². The molecule has 0 saturated carbocycles. The van der Waals surface area contributed by atoms with Crippen LogP contribution >= 0.6 is 34.4 Å². The second-order valence-electron chi connectivity index (χ2n) is 5.08. The van der Waals surface area contributed by atoms with E-state index < -0.39 is 5.97 Å². The first-order valence-corrected chi connectivity index (χ1v) is 9.05. The van der Waals surface area contributed by atoms with Crippen LogP contribution in [0.5, 0.6) is 0 Å². The summed E-state index contributed by atoms with van der Waals surface area (Å²) in [6.07, 6.45) is 1.68. The topological polar surface area (TPSA) is 76.8 Å². The molecule has 0 spiro atoms. The van der Waals surface area contributed by atoms with Gasteiger partial charge in [-0.2, -0.15) is 0 Å². The molecule has 0 aliphatic carbocycles. The Hall–Kier alpha value is -2.07. The molecule has 6 nitrogen and oxygen atoms in total. The molecule has 0 N–H and O–H groups in total. The Morgan fingerprint density at radius 1 is 1.24 bits per heavy atom. The summed E-state index contributed by atoms with van der Waals surface area (Å²) >= 11 is 3.08. The second kappa shape index (κ2) is 7.44. The maximum absolute atomic E-state index is 12.5. The zero-order valence-electron chi connectivity index (χ0n) is 13.0. The van der Waals surface area contributed by atoms with Crippen molar-refractivity contribution in [3.05, 3.63) is 62.0 Å². The zero-order chi connectivity index (χ0) is 18.0. The van der Waals surface area contributed by atoms with Crippen LogP contribution in [0.2, 0.25) is 0 Å². The van der Waals surface area contributed by atoms with E-state index in [-0.39, 0.29) is 23.5 Å². The molecule has 0 unspecified atom stereocenters. The van der Waals surface area contributed by atoms with Crippen molar-refractivity contribution >= 4 is 57.5 Å². The number of ether oxygens (including phenoxy) is 1. The van der Waals surface area contributed by atoms with Crippen LogP contribution in [0.1, 0.15) is 21.9 Å². The maximum Gasteiger partial charge on any atom is 0.373 e. The summed E-state index contributed by atoms with van der Waals surface area (Å²) in [5.74, 6) is -0.638. The van der Waals surface area contributed by atoms with Crippen LogP contribution in [-0.2, 0) is 16.1 Å². The molecule has 0 bridgehead atoms. The van der Waals surface area contributed by atoms with Gasteiger partial charge in [-0.05, 0) is 70.3 Å². The van der Waals surface area contributed by atoms with E-state index in [9.17, 15) is 14.4 Å². The number of nitrogens with zero attached hydrogens (tertiary/aromatic N) is 1. The summed E-state index contributed by atoms with van der Waals surface area (Å²) < 4.78 is 11.0. The standard InChI is InChI=1S/C17H12INO5S/c1-23-16(21)13-7-6-12(24-13)9-19-15(20)14(25-17(19)22)8-10-2-4-11(18)5-3-10/h2-8H,9H2,1H3. The minimum Gasteiger partial charge on any atom is -0.463 e. The first kappa shape index (κ1) is 17.7. The van der Waals surface area contributed by atoms with E-state index in [1.54, 1.807) is 12.1 Å². The minimum absolute atomic E-state index is 0.0268. The van der Waals surface area contributed by atoms with Crippen molar-refractivity contribution in [1.82, 2.24) is 4.90 Å². The smallest absolute Gasteiger partial charge is 0.373 e. The van der Waals surface area contributed by atoms with Gasteiger partial charge in [0.1, 0.15) is 5.76 Å². The quantitative estimate of drug-likeness (QED) is 0.384. The highest BCUT2D eigenvalue weighted by Crippen LogP contribution is 2.33. The van der Waals surface area contributed by atoms with Gasteiger partial charge in [-0.3, -0.25) is 14.5 Å². The second-order valence-corrected chi connectivity index (χ2v) is 7.32. The summed E-state index contributed by atoms with van der Waals surface area (Å²) in [5.41, 5.74) is 0.844. The number of amides is 2. The lowest BCUT2D eigenvalue weighted by molar-refractivity contribution is -0.123. The van der Waals surface area contributed by atoms with Crippen molar-refractivity contribution in [3.8, 4) is 0 Å². The first-order chi connectivity index (χ1) is 12.0. The fourth-order valence-electron chi connectivity index (χ4n) is 2.18. The summed E-state index contributed by atoms with van der Waals surface area (Å²) in [4.78, 5) is 37.4. The molecular formula is C17H12INO5S. The molecule has 1 aromatic heterocycles. The van der Waals surface area contributed by atoms with Crippen LogP contribution < -0.4 is 0 Å². The van der Waals surface area contributed by atoms with E-state index in [4.69, 9.17) is 4.42 Å². The predicted molar refractivity (Wildman–Crippen MR) is 101 cm³/mol. The van der Waals surface area contributed by atoms with E-state index in [1.165, 1.54) is 13.2 Å². The molecule has 128 valence electrons. The maximum atomic E-state index is 12.5. The Balaban J connectivity index is 1.76. The molecule has 8 heteroatoms. The van der Waals surface area contributed by atoms with Crippen LogP contribution in [0.3, 0.4) is 0 Å². The Bertz CT molecular complexity index is 871. The summed E-state index contributed by atoms with van der Waals surface area (Å²) in [6, 6.07) is 10.6.